The van der Waals surface area contributed by atoms with Gasteiger partial charge in [-0.1, -0.05) is 32.9 Å². The van der Waals surface area contributed by atoms with E-state index in [1.807, 2.05) is 42.6 Å². The Labute approximate surface area is 264 Å². The third-order valence-electron chi connectivity index (χ3n) is 8.69. The maximum absolute atomic E-state index is 13.8. The number of benzene rings is 2. The molecule has 2 aromatic heterocycles. The van der Waals surface area contributed by atoms with E-state index in [-0.39, 0.29) is 16.9 Å². The van der Waals surface area contributed by atoms with Crippen molar-refractivity contribution in [3.05, 3.63) is 95.6 Å². The van der Waals surface area contributed by atoms with Crippen molar-refractivity contribution in [1.82, 2.24) is 20.6 Å². The molecule has 1 aliphatic heterocycles. The van der Waals surface area contributed by atoms with Gasteiger partial charge in [0.25, 0.3) is 5.91 Å². The lowest BCUT2D eigenvalue weighted by Gasteiger charge is -2.28. The Hall–Kier alpha value is -4.21. The van der Waals surface area contributed by atoms with Gasteiger partial charge >= 0.3 is 0 Å². The molecule has 2 aromatic carbocycles. The molecular formula is C36H43N5O4. The number of amides is 1. The molecule has 1 saturated carbocycles. The summed E-state index contributed by atoms with van der Waals surface area (Å²) in [7, 11) is 0. The Morgan fingerprint density at radius 3 is 2.67 bits per heavy atom. The predicted octanol–water partition coefficient (Wildman–Crippen LogP) is 5.60. The quantitative estimate of drug-likeness (QED) is 0.223. The molecule has 45 heavy (non-hydrogen) atoms. The maximum Gasteiger partial charge on any atom is 0.251 e. The van der Waals surface area contributed by atoms with E-state index in [1.54, 1.807) is 12.3 Å². The van der Waals surface area contributed by atoms with E-state index in [0.29, 0.717) is 36.6 Å². The maximum atomic E-state index is 13.8. The van der Waals surface area contributed by atoms with Gasteiger partial charge in [0, 0.05) is 36.1 Å². The van der Waals surface area contributed by atoms with Gasteiger partial charge in [-0.15, -0.1) is 0 Å². The summed E-state index contributed by atoms with van der Waals surface area (Å²) in [5, 5.41) is 21.8. The number of nitrogens with one attached hydrogen (secondary N) is 3. The first-order valence-corrected chi connectivity index (χ1v) is 15.9. The second kappa shape index (κ2) is 13.0. The zero-order valence-corrected chi connectivity index (χ0v) is 26.3. The first-order chi connectivity index (χ1) is 21.7. The van der Waals surface area contributed by atoms with Gasteiger partial charge in [-0.05, 0) is 91.1 Å². The van der Waals surface area contributed by atoms with Crippen molar-refractivity contribution >= 4 is 11.6 Å². The molecule has 1 fully saturated rings. The molecule has 2 atom stereocenters. The molecule has 0 radical (unpaired) electrons. The normalized spacial score (nSPS) is 19.1. The highest BCUT2D eigenvalue weighted by Crippen LogP contribution is 2.45. The summed E-state index contributed by atoms with van der Waals surface area (Å²) in [6, 6.07) is 17.1. The van der Waals surface area contributed by atoms with E-state index >= 15 is 0 Å². The van der Waals surface area contributed by atoms with Crippen molar-refractivity contribution < 1.29 is 19.1 Å². The average Bonchev–Trinajstić information content (AvgIpc) is 3.62. The molecule has 0 unspecified atom stereocenters. The van der Waals surface area contributed by atoms with Crippen LogP contribution in [-0.2, 0) is 17.4 Å². The standard InChI is InChI=1S/C36H43N5O4/c1-35(2,3)27-9-13-38-32(22-27)36(10-11-36)40-23-31(42)30-18-24-7-6-8-29(17-24)44-15-5-4-12-37-28-20-25(33(43)41-30)19-26(21-28)34-39-14-16-45-34/h6-9,13-14,16-17,19-22,30-31,37,40,42H,4-5,10-12,15,18,23H2,1-3H3,(H,41,43)/t30-,31+/m0/s1. The Kier molecular flexibility index (Phi) is 8.92. The summed E-state index contributed by atoms with van der Waals surface area (Å²) >= 11 is 0. The minimum Gasteiger partial charge on any atom is -0.494 e. The number of aliphatic hydroxyl groups is 1. The number of aliphatic hydroxyl groups excluding tert-OH is 1. The Balaban J connectivity index is 1.26. The van der Waals surface area contributed by atoms with E-state index in [0.717, 1.165) is 54.9 Å². The van der Waals surface area contributed by atoms with Gasteiger partial charge in [0.1, 0.15) is 12.0 Å². The molecule has 2 aliphatic rings. The van der Waals surface area contributed by atoms with E-state index in [9.17, 15) is 9.90 Å². The first-order valence-electron chi connectivity index (χ1n) is 15.9. The summed E-state index contributed by atoms with van der Waals surface area (Å²) < 4.78 is 11.6. The van der Waals surface area contributed by atoms with E-state index < -0.39 is 12.1 Å². The van der Waals surface area contributed by atoms with E-state index in [4.69, 9.17) is 14.1 Å². The fraction of sp³-hybridized carbons (Fsp3) is 0.417. The van der Waals surface area contributed by atoms with Crippen LogP contribution < -0.4 is 20.7 Å². The van der Waals surface area contributed by atoms with Crippen LogP contribution in [0.25, 0.3) is 11.5 Å². The lowest BCUT2D eigenvalue weighted by Crippen LogP contribution is -2.50. The van der Waals surface area contributed by atoms with Crippen LogP contribution in [0.1, 0.15) is 73.6 Å². The fourth-order valence-electron chi connectivity index (χ4n) is 5.80. The third-order valence-corrected chi connectivity index (χ3v) is 8.69. The summed E-state index contributed by atoms with van der Waals surface area (Å²) in [6.07, 6.45) is 8.22. The molecule has 4 aromatic rings. The van der Waals surface area contributed by atoms with Crippen LogP contribution in [0.5, 0.6) is 5.75 Å². The number of aromatic nitrogens is 2. The van der Waals surface area contributed by atoms with Crippen molar-refractivity contribution in [2.24, 2.45) is 0 Å². The highest BCUT2D eigenvalue weighted by atomic mass is 16.5. The van der Waals surface area contributed by atoms with Crippen LogP contribution in [0.2, 0.25) is 0 Å². The molecule has 6 rings (SSSR count). The highest BCUT2D eigenvalue weighted by Gasteiger charge is 2.46. The van der Waals surface area contributed by atoms with Gasteiger partial charge in [-0.2, -0.15) is 0 Å². The SMILES string of the molecule is CC(C)(C)c1ccnc(C2(NC[C@@H](O)[C@@H]3Cc4cccc(c4)OCCCCNc4cc(cc(-c5ncco5)c4)C(=O)N3)CC2)c1. The molecule has 3 heterocycles. The first kappa shape index (κ1) is 30.8. The lowest BCUT2D eigenvalue weighted by molar-refractivity contribution is 0.0821. The van der Waals surface area contributed by atoms with Gasteiger partial charge in [-0.25, -0.2) is 4.98 Å². The number of rotatable bonds is 6. The smallest absolute Gasteiger partial charge is 0.251 e. The van der Waals surface area contributed by atoms with Crippen LogP contribution in [0.4, 0.5) is 5.69 Å². The number of fused-ring (bicyclic) bond motifs is 4. The van der Waals surface area contributed by atoms with Crippen LogP contribution >= 0.6 is 0 Å². The number of hydrogen-bond acceptors (Lipinski definition) is 8. The Bertz CT molecular complexity index is 1610. The molecule has 236 valence electrons. The topological polar surface area (TPSA) is 122 Å². The van der Waals surface area contributed by atoms with Gasteiger partial charge in [0.15, 0.2) is 0 Å². The largest absolute Gasteiger partial charge is 0.494 e. The summed E-state index contributed by atoms with van der Waals surface area (Å²) in [5.74, 6) is 0.940. The van der Waals surface area contributed by atoms with Crippen molar-refractivity contribution in [3.8, 4) is 17.2 Å². The number of hydrogen-bond donors (Lipinski definition) is 4. The van der Waals surface area contributed by atoms with E-state index in [2.05, 4.69) is 53.8 Å². The van der Waals surface area contributed by atoms with Gasteiger partial charge in [0.2, 0.25) is 5.89 Å². The number of pyridine rings is 1. The molecular weight excluding hydrogens is 566 g/mol. The highest BCUT2D eigenvalue weighted by molar-refractivity contribution is 5.96. The summed E-state index contributed by atoms with van der Waals surface area (Å²) in [5.41, 5.74) is 4.90. The number of carbonyl (C=O) groups excluding carboxylic acids is 1. The summed E-state index contributed by atoms with van der Waals surface area (Å²) in [6.45, 7) is 8.21. The van der Waals surface area contributed by atoms with Gasteiger partial charge in [-0.3, -0.25) is 9.78 Å². The summed E-state index contributed by atoms with van der Waals surface area (Å²) in [4.78, 5) is 22.8. The number of oxazole rings is 1. The third kappa shape index (κ3) is 7.54. The van der Waals surface area contributed by atoms with Crippen LogP contribution in [0.3, 0.4) is 0 Å². The van der Waals surface area contributed by atoms with Crippen molar-refractivity contribution in [2.75, 3.05) is 25.0 Å². The number of carbonyl (C=O) groups is 1. The number of nitrogens with zero attached hydrogens (tertiary/aromatic N) is 2. The fourth-order valence-corrected chi connectivity index (χ4v) is 5.80. The van der Waals surface area contributed by atoms with Crippen molar-refractivity contribution in [1.29, 1.82) is 0 Å². The van der Waals surface area contributed by atoms with Crippen LogP contribution in [0, 0.1) is 0 Å². The molecule has 1 amide bonds. The predicted molar refractivity (Wildman–Crippen MR) is 174 cm³/mol. The molecule has 0 saturated heterocycles. The Morgan fingerprint density at radius 1 is 1.04 bits per heavy atom. The molecule has 0 spiro atoms. The number of ether oxygens (including phenoxy) is 1. The average molecular weight is 610 g/mol. The molecule has 4 N–H and O–H groups in total. The minimum absolute atomic E-state index is 0.0131. The van der Waals surface area contributed by atoms with Gasteiger partial charge in [0.05, 0.1) is 36.2 Å². The molecule has 1 aliphatic carbocycles. The van der Waals surface area contributed by atoms with Crippen LogP contribution in [-0.4, -0.2) is 52.8 Å². The lowest BCUT2D eigenvalue weighted by atomic mass is 9.86. The molecule has 4 bridgehead atoms. The van der Waals surface area contributed by atoms with E-state index in [1.165, 1.54) is 11.8 Å². The van der Waals surface area contributed by atoms with Crippen molar-refractivity contribution in [3.63, 3.8) is 0 Å². The molecule has 9 nitrogen and oxygen atoms in total. The minimum atomic E-state index is -0.867. The second-order valence-corrected chi connectivity index (χ2v) is 13.3. The zero-order chi connectivity index (χ0) is 31.4. The van der Waals surface area contributed by atoms with Crippen LogP contribution in [0.15, 0.2) is 77.7 Å². The Morgan fingerprint density at radius 2 is 1.89 bits per heavy atom. The van der Waals surface area contributed by atoms with Crippen molar-refractivity contribution in [2.45, 2.75) is 76.0 Å². The zero-order valence-electron chi connectivity index (χ0n) is 26.3. The molecule has 9 heteroatoms. The number of anilines is 1. The second-order valence-electron chi connectivity index (χ2n) is 13.3. The monoisotopic (exact) mass is 609 g/mol. The van der Waals surface area contributed by atoms with Gasteiger partial charge < -0.3 is 30.2 Å².